The highest BCUT2D eigenvalue weighted by atomic mass is 32.2. The van der Waals surface area contributed by atoms with Crippen molar-refractivity contribution in [3.8, 4) is 5.75 Å². The van der Waals surface area contributed by atoms with Crippen molar-refractivity contribution in [1.82, 2.24) is 5.06 Å². The zero-order valence-electron chi connectivity index (χ0n) is 64.6. The van der Waals surface area contributed by atoms with Gasteiger partial charge in [0.05, 0.1) is 198 Å². The molecule has 1 aliphatic carbocycles. The Morgan fingerprint density at radius 1 is 0.464 bits per heavy atom. The number of rotatable bonds is 60. The number of hydroxylamine groups is 2. The van der Waals surface area contributed by atoms with Gasteiger partial charge in [0, 0.05) is 88.4 Å². The Morgan fingerprint density at radius 3 is 1.37 bits per heavy atom. The van der Waals surface area contributed by atoms with E-state index in [-0.39, 0.29) is 165 Å². The summed E-state index contributed by atoms with van der Waals surface area (Å²) in [6.45, 7) is 12.6. The number of benzene rings is 3. The maximum atomic E-state index is 13.0. The summed E-state index contributed by atoms with van der Waals surface area (Å²) in [6, 6.07) is 14.2. The molecule has 3 aliphatic heterocycles. The molecule has 626 valence electrons. The minimum Gasteiger partial charge on any atom is -0.457 e. The van der Waals surface area contributed by atoms with Crippen molar-refractivity contribution in [3.05, 3.63) is 119 Å². The Bertz CT molecular complexity index is 3950. The molecule has 2 unspecified atom stereocenters. The van der Waals surface area contributed by atoms with Gasteiger partial charge in [0.25, 0.3) is 42.2 Å². The zero-order valence-corrected chi connectivity index (χ0v) is 67.0. The molecule has 3 aromatic rings. The highest BCUT2D eigenvalue weighted by Gasteiger charge is 2.49. The van der Waals surface area contributed by atoms with Gasteiger partial charge in [-0.2, -0.15) is 29.8 Å². The van der Waals surface area contributed by atoms with E-state index in [1.165, 1.54) is 48.5 Å². The lowest BCUT2D eigenvalue weighted by Gasteiger charge is -2.31. The number of imide groups is 1. The van der Waals surface area contributed by atoms with Gasteiger partial charge in [-0.3, -0.25) is 23.2 Å². The molecule has 1 fully saturated rings. The Hall–Kier alpha value is -6.41. The highest BCUT2D eigenvalue weighted by molar-refractivity contribution is 7.86. The predicted molar refractivity (Wildman–Crippen MR) is 405 cm³/mol. The first-order chi connectivity index (χ1) is 53.9. The lowest BCUT2D eigenvalue weighted by Crippen LogP contribution is -2.33. The van der Waals surface area contributed by atoms with Gasteiger partial charge in [0.2, 0.25) is 5.69 Å². The second-order valence-electron chi connectivity index (χ2n) is 26.2. The van der Waals surface area contributed by atoms with E-state index >= 15 is 0 Å². The largest absolute Gasteiger partial charge is 0.457 e. The van der Waals surface area contributed by atoms with E-state index in [9.17, 15) is 53.3 Å². The topological polar surface area (TPSA) is 390 Å². The summed E-state index contributed by atoms with van der Waals surface area (Å²) in [4.78, 5) is 41.5. The van der Waals surface area contributed by atoms with Crippen LogP contribution in [0, 0.1) is 0 Å². The van der Waals surface area contributed by atoms with E-state index < -0.39 is 59.0 Å². The summed E-state index contributed by atoms with van der Waals surface area (Å²) in [5, 5.41) is 0.484. The molecular formula is C76H110N3O30S3+. The van der Waals surface area contributed by atoms with Crippen molar-refractivity contribution in [2.45, 2.75) is 90.7 Å². The normalized spacial score (nSPS) is 18.2. The maximum Gasteiger partial charge on any atom is 0.335 e. The molecule has 2 atom stereocenters. The molecule has 33 nitrogen and oxygen atoms in total. The van der Waals surface area contributed by atoms with E-state index in [1.54, 1.807) is 33.5 Å². The molecule has 2 amide bonds. The van der Waals surface area contributed by atoms with Crippen LogP contribution in [0.3, 0.4) is 0 Å². The number of hydrogen-bond acceptors (Lipinski definition) is 28. The first-order valence-electron chi connectivity index (χ1n) is 37.2. The summed E-state index contributed by atoms with van der Waals surface area (Å²) in [5.74, 6) is -1.29. The molecule has 36 heteroatoms. The van der Waals surface area contributed by atoms with Crippen molar-refractivity contribution >= 4 is 65.2 Å². The number of amides is 2. The molecule has 0 aromatic heterocycles. The summed E-state index contributed by atoms with van der Waals surface area (Å²) in [5.41, 5.74) is 3.25. The van der Waals surface area contributed by atoms with E-state index in [0.29, 0.717) is 162 Å². The van der Waals surface area contributed by atoms with Gasteiger partial charge < -0.3 is 90.3 Å². The van der Waals surface area contributed by atoms with Crippen LogP contribution < -0.4 is 9.64 Å². The van der Waals surface area contributed by atoms with Crippen LogP contribution in [0.2, 0.25) is 0 Å². The number of methoxy groups -OCH3 is 3. The molecular weight excluding hydrogens is 1530 g/mol. The van der Waals surface area contributed by atoms with Crippen molar-refractivity contribution in [2.24, 2.45) is 0 Å². The van der Waals surface area contributed by atoms with E-state index in [1.807, 2.05) is 47.6 Å². The summed E-state index contributed by atoms with van der Waals surface area (Å²) < 4.78 is 207. The number of hydrogen-bond donors (Lipinski definition) is 3. The SMILES string of the molecule is COCCOCCOCCOCC[N+]1=C(/C=C/C2=C(Oc3ccc(S(=O)(=O)O)cc3)C(=C/C=C3/N(CCOCCOCCOCCOCCC(=O)ON4C(=O)CCC4=O)c4ccc(S(=O)(=O)O)cc4C3(C)CCOCCOCCOCCOC)/CCC2)C(C)(CCOCCOCCOCCOC)c2cc(S(=O)(=O)O)ccc21. The zero-order chi connectivity index (χ0) is 80.7. The quantitative estimate of drug-likeness (QED) is 0.0239. The molecule has 3 aromatic carbocycles. The molecule has 0 radical (unpaired) electrons. The second-order valence-corrected chi connectivity index (χ2v) is 30.5. The average molecular weight is 1640 g/mol. The minimum atomic E-state index is -4.71. The fourth-order valence-corrected chi connectivity index (χ4v) is 14.0. The van der Waals surface area contributed by atoms with Gasteiger partial charge in [-0.05, 0) is 129 Å². The van der Waals surface area contributed by atoms with Crippen LogP contribution in [0.5, 0.6) is 5.75 Å². The fourth-order valence-electron chi connectivity index (χ4n) is 12.5. The molecule has 7 rings (SSSR count). The maximum absolute atomic E-state index is 13.0. The van der Waals surface area contributed by atoms with Gasteiger partial charge in [-0.1, -0.05) is 6.08 Å². The third-order valence-electron chi connectivity index (χ3n) is 18.4. The lowest BCUT2D eigenvalue weighted by atomic mass is 9.76. The van der Waals surface area contributed by atoms with Gasteiger partial charge >= 0.3 is 5.97 Å². The Balaban J connectivity index is 1.20. The minimum absolute atomic E-state index is 0.00966. The van der Waals surface area contributed by atoms with Crippen LogP contribution in [0.15, 0.2) is 122 Å². The number of carbonyl (C=O) groups excluding carboxylic acids is 3. The van der Waals surface area contributed by atoms with Crippen molar-refractivity contribution in [3.63, 3.8) is 0 Å². The van der Waals surface area contributed by atoms with Crippen LogP contribution in [0.1, 0.15) is 76.3 Å². The van der Waals surface area contributed by atoms with E-state index in [2.05, 4.69) is 0 Å². The van der Waals surface area contributed by atoms with E-state index in [0.717, 1.165) is 5.71 Å². The number of allylic oxidation sites excluding steroid dienone is 7. The van der Waals surface area contributed by atoms with Crippen molar-refractivity contribution < 1.29 is 143 Å². The molecule has 0 saturated carbocycles. The van der Waals surface area contributed by atoms with Crippen molar-refractivity contribution in [2.75, 3.05) is 231 Å². The Kier molecular flexibility index (Phi) is 40.5. The van der Waals surface area contributed by atoms with Crippen LogP contribution in [-0.2, 0) is 136 Å². The Morgan fingerprint density at radius 2 is 0.884 bits per heavy atom. The predicted octanol–water partition coefficient (Wildman–Crippen LogP) is 6.38. The fraction of sp³-hybridized carbons (Fsp3) is 0.605. The van der Waals surface area contributed by atoms with Crippen LogP contribution >= 0.6 is 0 Å². The molecule has 4 aliphatic rings. The third-order valence-corrected chi connectivity index (χ3v) is 21.0. The first kappa shape index (κ1) is 92.8. The molecule has 0 spiro atoms. The summed E-state index contributed by atoms with van der Waals surface area (Å²) >= 11 is 0. The van der Waals surface area contributed by atoms with Gasteiger partial charge in [-0.25, -0.2) is 4.79 Å². The van der Waals surface area contributed by atoms with Crippen LogP contribution in [0.4, 0.5) is 11.4 Å². The molecule has 1 saturated heterocycles. The first-order valence-corrected chi connectivity index (χ1v) is 41.6. The number of anilines is 1. The molecule has 0 bridgehead atoms. The number of carbonyl (C=O) groups is 3. The van der Waals surface area contributed by atoms with Crippen LogP contribution in [-0.4, -0.2) is 298 Å². The van der Waals surface area contributed by atoms with Gasteiger partial charge in [0.15, 0.2) is 12.3 Å². The number of ether oxygens (including phenoxy) is 17. The van der Waals surface area contributed by atoms with Gasteiger partial charge in [0.1, 0.15) is 18.1 Å². The number of fused-ring (bicyclic) bond motifs is 2. The number of nitrogens with zero attached hydrogens (tertiary/aromatic N) is 3. The smallest absolute Gasteiger partial charge is 0.335 e. The Labute approximate surface area is 656 Å². The molecule has 3 N–H and O–H groups in total. The van der Waals surface area contributed by atoms with Gasteiger partial charge in [-0.15, -0.1) is 5.06 Å². The lowest BCUT2D eigenvalue weighted by molar-refractivity contribution is -0.442. The molecule has 3 heterocycles. The second kappa shape index (κ2) is 48.8. The van der Waals surface area contributed by atoms with E-state index in [4.69, 9.17) is 85.4 Å². The van der Waals surface area contributed by atoms with Crippen molar-refractivity contribution in [1.29, 1.82) is 0 Å². The summed E-state index contributed by atoms with van der Waals surface area (Å²) in [6.07, 6.45) is 9.69. The monoisotopic (exact) mass is 1640 g/mol. The summed E-state index contributed by atoms with van der Waals surface area (Å²) in [7, 11) is -9.24. The van der Waals surface area contributed by atoms with Crippen LogP contribution in [0.25, 0.3) is 0 Å². The average Bonchev–Trinajstić information content (AvgIpc) is 1.58. The third kappa shape index (κ3) is 30.0. The standard InChI is InChI=1S/C76H109N3O30S3/c1-75(24-29-96-40-45-104-52-49-100-36-33-92-3)65-57-63(111(86,87)88)15-17-67(65)77(26-31-98-42-47-106-54-51-102-38-35-94-5)69(75)19-9-59-7-6-8-60(74(59)108-61-11-13-62(14-12-61)110(83,84)85)10-20-70-76(2,25-30-97-41-46-105-53-50-101-37-34-93-4)66-58-64(112(89,90)91)16-18-68(66)78(70)27-32-99-43-48-107-56-55-103-44-39-95-28-23-73(82)109-79-71(80)21-22-72(79)81/h9-20,57-58H,6-8,21-56H2,1-5H3,(H2-,83,84,85,86,87,88,89,90,91)/p+1. The highest BCUT2D eigenvalue weighted by Crippen LogP contribution is 2.51. The molecule has 112 heavy (non-hydrogen) atoms.